The van der Waals surface area contributed by atoms with Crippen molar-refractivity contribution in [3.8, 4) is 0 Å². The van der Waals surface area contributed by atoms with Gasteiger partial charge in [0.25, 0.3) is 5.91 Å². The lowest BCUT2D eigenvalue weighted by atomic mass is 10.0. The number of rotatable bonds is 4. The van der Waals surface area contributed by atoms with E-state index in [1.54, 1.807) is 4.90 Å². The van der Waals surface area contributed by atoms with Gasteiger partial charge in [-0.05, 0) is 49.4 Å². The van der Waals surface area contributed by atoms with Gasteiger partial charge in [-0.3, -0.25) is 9.59 Å². The molecule has 1 aliphatic rings. The number of carbonyl (C=O) groups excluding carboxylic acids is 2. The minimum atomic E-state index is -4.44. The Morgan fingerprint density at radius 2 is 1.60 bits per heavy atom. The van der Waals surface area contributed by atoms with E-state index in [9.17, 15) is 22.8 Å². The molecule has 1 N–H and O–H groups in total. The van der Waals surface area contributed by atoms with Crippen molar-refractivity contribution in [2.45, 2.75) is 45.3 Å². The Morgan fingerprint density at radius 3 is 2.08 bits per heavy atom. The first-order valence-corrected chi connectivity index (χ1v) is 8.47. The maximum atomic E-state index is 12.7. The number of nitrogens with one attached hydrogen (secondary N) is 1. The molecule has 4 nitrogen and oxygen atoms in total. The number of piperidine rings is 1. The maximum Gasteiger partial charge on any atom is 0.416 e. The van der Waals surface area contributed by atoms with Gasteiger partial charge in [0.15, 0.2) is 0 Å². The first-order valence-electron chi connectivity index (χ1n) is 8.47. The zero-order chi connectivity index (χ0) is 18.6. The lowest BCUT2D eigenvalue weighted by Gasteiger charge is -2.32. The van der Waals surface area contributed by atoms with Crippen LogP contribution in [0.3, 0.4) is 0 Å². The van der Waals surface area contributed by atoms with Crippen LogP contribution < -0.4 is 5.32 Å². The zero-order valence-corrected chi connectivity index (χ0v) is 14.4. The molecule has 0 aromatic heterocycles. The fourth-order valence-corrected chi connectivity index (χ4v) is 2.86. The number of benzene rings is 1. The molecular formula is C18H23F3N2O2. The number of hydrogen-bond acceptors (Lipinski definition) is 2. The average Bonchev–Trinajstić information content (AvgIpc) is 2.58. The van der Waals surface area contributed by atoms with Crippen LogP contribution in [0.2, 0.25) is 0 Å². The predicted octanol–water partition coefficient (Wildman–Crippen LogP) is 3.47. The highest BCUT2D eigenvalue weighted by Crippen LogP contribution is 2.29. The average molecular weight is 356 g/mol. The highest BCUT2D eigenvalue weighted by molar-refractivity contribution is 5.97. The molecule has 0 radical (unpaired) electrons. The van der Waals surface area contributed by atoms with Crippen molar-refractivity contribution >= 4 is 11.8 Å². The Hall–Kier alpha value is -2.05. The normalized spacial score (nSPS) is 16.6. The minimum absolute atomic E-state index is 0.102. The second kappa shape index (κ2) is 7.89. The highest BCUT2D eigenvalue weighted by Gasteiger charge is 2.31. The molecule has 0 unspecified atom stereocenters. The smallest absolute Gasteiger partial charge is 0.341 e. The largest absolute Gasteiger partial charge is 0.416 e. The van der Waals surface area contributed by atoms with Crippen molar-refractivity contribution in [2.24, 2.45) is 5.92 Å². The quantitative estimate of drug-likeness (QED) is 0.898. The van der Waals surface area contributed by atoms with E-state index in [-0.39, 0.29) is 17.4 Å². The summed E-state index contributed by atoms with van der Waals surface area (Å²) in [5.74, 6) is -0.791. The molecule has 1 atom stereocenters. The molecule has 7 heteroatoms. The van der Waals surface area contributed by atoms with Gasteiger partial charge in [-0.25, -0.2) is 0 Å². The number of halogens is 3. The number of likely N-dealkylation sites (tertiary alicyclic amines) is 1. The van der Waals surface area contributed by atoms with Crippen molar-refractivity contribution < 1.29 is 22.8 Å². The van der Waals surface area contributed by atoms with Crippen LogP contribution in [0, 0.1) is 5.92 Å². The van der Waals surface area contributed by atoms with Gasteiger partial charge >= 0.3 is 6.18 Å². The first-order chi connectivity index (χ1) is 11.7. The lowest BCUT2D eigenvalue weighted by molar-refractivity contribution is -0.137. The highest BCUT2D eigenvalue weighted by atomic mass is 19.4. The Balaban J connectivity index is 2.08. The summed E-state index contributed by atoms with van der Waals surface area (Å²) in [6, 6.07) is 3.30. The van der Waals surface area contributed by atoms with Gasteiger partial charge < -0.3 is 10.2 Å². The van der Waals surface area contributed by atoms with E-state index in [1.165, 1.54) is 0 Å². The standard InChI is InChI=1S/C18H23F3N2O2/c1-12(2)15(17(25)23-10-4-3-5-11-23)22-16(24)13-6-8-14(9-7-13)18(19,20)21/h6-9,12,15H,3-5,10-11H2,1-2H3,(H,22,24)/t15-/m1/s1. The third kappa shape index (κ3) is 4.96. The van der Waals surface area contributed by atoms with Gasteiger partial charge in [0.05, 0.1) is 5.56 Å². The minimum Gasteiger partial charge on any atom is -0.341 e. The van der Waals surface area contributed by atoms with Crippen LogP contribution >= 0.6 is 0 Å². The first kappa shape index (κ1) is 19.3. The van der Waals surface area contributed by atoms with Crippen molar-refractivity contribution in [1.82, 2.24) is 10.2 Å². The number of carbonyl (C=O) groups is 2. The van der Waals surface area contributed by atoms with Gasteiger partial charge in [-0.2, -0.15) is 13.2 Å². The van der Waals surface area contributed by atoms with E-state index >= 15 is 0 Å². The van der Waals surface area contributed by atoms with Crippen LogP contribution in [-0.4, -0.2) is 35.8 Å². The zero-order valence-electron chi connectivity index (χ0n) is 14.4. The Kier molecular flexibility index (Phi) is 6.08. The van der Waals surface area contributed by atoms with Crippen LogP contribution in [0.25, 0.3) is 0 Å². The van der Waals surface area contributed by atoms with Gasteiger partial charge in [0, 0.05) is 18.7 Å². The van der Waals surface area contributed by atoms with Crippen molar-refractivity contribution in [3.63, 3.8) is 0 Å². The molecule has 2 amide bonds. The molecule has 2 rings (SSSR count). The summed E-state index contributed by atoms with van der Waals surface area (Å²) in [4.78, 5) is 26.8. The molecule has 1 aromatic carbocycles. The predicted molar refractivity (Wildman–Crippen MR) is 88.0 cm³/mol. The number of alkyl halides is 3. The van der Waals surface area contributed by atoms with Gasteiger partial charge in [0.2, 0.25) is 5.91 Å². The molecule has 0 bridgehead atoms. The van der Waals surface area contributed by atoms with E-state index in [1.807, 2.05) is 13.8 Å². The summed E-state index contributed by atoms with van der Waals surface area (Å²) in [6.45, 7) is 5.02. The SMILES string of the molecule is CC(C)[C@@H](NC(=O)c1ccc(C(F)(F)F)cc1)C(=O)N1CCCCC1. The molecule has 0 aliphatic carbocycles. The second-order valence-electron chi connectivity index (χ2n) is 6.66. The van der Waals surface area contributed by atoms with Crippen LogP contribution in [0.1, 0.15) is 49.0 Å². The topological polar surface area (TPSA) is 49.4 Å². The molecule has 1 aromatic rings. The summed E-state index contributed by atoms with van der Waals surface area (Å²) in [6.07, 6.45) is -1.46. The number of hydrogen-bond donors (Lipinski definition) is 1. The van der Waals surface area contributed by atoms with E-state index < -0.39 is 23.7 Å². The van der Waals surface area contributed by atoms with Crippen LogP contribution in [-0.2, 0) is 11.0 Å². The molecule has 138 valence electrons. The molecule has 0 spiro atoms. The lowest BCUT2D eigenvalue weighted by Crippen LogP contribution is -2.52. The third-order valence-corrected chi connectivity index (χ3v) is 4.36. The molecular weight excluding hydrogens is 333 g/mol. The summed E-state index contributed by atoms with van der Waals surface area (Å²) in [5, 5.41) is 2.68. The maximum absolute atomic E-state index is 12.7. The summed E-state index contributed by atoms with van der Waals surface area (Å²) < 4.78 is 37.8. The molecule has 1 fully saturated rings. The fraction of sp³-hybridized carbons (Fsp3) is 0.556. The fourth-order valence-electron chi connectivity index (χ4n) is 2.86. The monoisotopic (exact) mass is 356 g/mol. The van der Waals surface area contributed by atoms with Gasteiger partial charge in [0.1, 0.15) is 6.04 Å². The van der Waals surface area contributed by atoms with Crippen molar-refractivity contribution in [2.75, 3.05) is 13.1 Å². The molecule has 1 heterocycles. The van der Waals surface area contributed by atoms with Crippen LogP contribution in [0.4, 0.5) is 13.2 Å². The summed E-state index contributed by atoms with van der Waals surface area (Å²) in [5.41, 5.74) is -0.709. The summed E-state index contributed by atoms with van der Waals surface area (Å²) in [7, 11) is 0. The van der Waals surface area contributed by atoms with E-state index in [0.29, 0.717) is 13.1 Å². The van der Waals surface area contributed by atoms with E-state index in [0.717, 1.165) is 43.5 Å². The third-order valence-electron chi connectivity index (χ3n) is 4.36. The van der Waals surface area contributed by atoms with E-state index in [4.69, 9.17) is 0 Å². The number of nitrogens with zero attached hydrogens (tertiary/aromatic N) is 1. The molecule has 1 aliphatic heterocycles. The Bertz CT molecular complexity index is 606. The van der Waals surface area contributed by atoms with Gasteiger partial charge in [-0.15, -0.1) is 0 Å². The van der Waals surface area contributed by atoms with Crippen LogP contribution in [0.15, 0.2) is 24.3 Å². The van der Waals surface area contributed by atoms with Crippen molar-refractivity contribution in [3.05, 3.63) is 35.4 Å². The molecule has 25 heavy (non-hydrogen) atoms. The van der Waals surface area contributed by atoms with Gasteiger partial charge in [-0.1, -0.05) is 13.8 Å². The Labute approximate surface area is 145 Å². The van der Waals surface area contributed by atoms with Crippen LogP contribution in [0.5, 0.6) is 0 Å². The Morgan fingerprint density at radius 1 is 1.04 bits per heavy atom. The van der Waals surface area contributed by atoms with E-state index in [2.05, 4.69) is 5.32 Å². The van der Waals surface area contributed by atoms with Crippen molar-refractivity contribution in [1.29, 1.82) is 0 Å². The summed E-state index contributed by atoms with van der Waals surface area (Å²) >= 11 is 0. The number of amides is 2. The molecule has 0 saturated carbocycles. The second-order valence-corrected chi connectivity index (χ2v) is 6.66. The molecule has 1 saturated heterocycles.